The fourth-order valence-electron chi connectivity index (χ4n) is 3.88. The van der Waals surface area contributed by atoms with Gasteiger partial charge < -0.3 is 9.51 Å². The normalized spacial score (nSPS) is 34.9. The molecule has 21 heavy (non-hydrogen) atoms. The second-order valence-corrected chi connectivity index (χ2v) is 8.83. The summed E-state index contributed by atoms with van der Waals surface area (Å²) in [6.45, 7) is 0. The molecule has 2 saturated heterocycles. The molecule has 2 unspecified atom stereocenters. The predicted molar refractivity (Wildman–Crippen MR) is 78.7 cm³/mol. The van der Waals surface area contributed by atoms with Crippen LogP contribution in [0.15, 0.2) is 30.7 Å². The minimum atomic E-state index is -3.06. The first kappa shape index (κ1) is 13.3. The van der Waals surface area contributed by atoms with Crippen molar-refractivity contribution in [1.82, 2.24) is 9.38 Å². The zero-order valence-corrected chi connectivity index (χ0v) is 12.5. The van der Waals surface area contributed by atoms with Gasteiger partial charge in [0.1, 0.15) is 5.65 Å². The smallest absolute Gasteiger partial charge is 0.156 e. The van der Waals surface area contributed by atoms with Crippen LogP contribution in [0.1, 0.15) is 37.7 Å². The van der Waals surface area contributed by atoms with E-state index in [1.54, 1.807) is 6.20 Å². The van der Waals surface area contributed by atoms with Crippen molar-refractivity contribution in [3.05, 3.63) is 36.3 Å². The summed E-state index contributed by atoms with van der Waals surface area (Å²) in [5, 5.41) is 10.3. The van der Waals surface area contributed by atoms with Crippen LogP contribution in [0.4, 0.5) is 0 Å². The molecular formula is C15H18N2O3S. The summed E-state index contributed by atoms with van der Waals surface area (Å²) in [4.78, 5) is 4.19. The molecule has 112 valence electrons. The van der Waals surface area contributed by atoms with Crippen LogP contribution in [0.2, 0.25) is 0 Å². The molecule has 4 rings (SSSR count). The summed E-state index contributed by atoms with van der Waals surface area (Å²) < 4.78 is 26.6. The number of nitrogens with zero attached hydrogens (tertiary/aromatic N) is 2. The Balaban J connectivity index is 1.77. The Morgan fingerprint density at radius 2 is 1.95 bits per heavy atom. The number of aliphatic hydroxyl groups is 1. The van der Waals surface area contributed by atoms with Gasteiger partial charge in [0.05, 0.1) is 16.1 Å². The molecule has 0 aromatic carbocycles. The fourth-order valence-corrected chi connectivity index (χ4v) is 6.43. The summed E-state index contributed by atoms with van der Waals surface area (Å²) in [6, 6.07) is 3.74. The quantitative estimate of drug-likeness (QED) is 0.869. The maximum absolute atomic E-state index is 12.4. The van der Waals surface area contributed by atoms with Crippen LogP contribution in [0, 0.1) is 0 Å². The van der Waals surface area contributed by atoms with Crippen LogP contribution in [-0.4, -0.2) is 33.4 Å². The number of hydrogen-bond donors (Lipinski definition) is 1. The largest absolute Gasteiger partial charge is 0.385 e. The van der Waals surface area contributed by atoms with Crippen molar-refractivity contribution >= 4 is 15.5 Å². The SMILES string of the molecule is O=S1(=O)C2CCCC1CC(O)(c1ccc3nccn3c1)C2. The maximum Gasteiger partial charge on any atom is 0.156 e. The molecule has 1 N–H and O–H groups in total. The molecule has 2 aliphatic rings. The molecule has 5 nitrogen and oxygen atoms in total. The molecule has 4 heterocycles. The maximum atomic E-state index is 12.4. The molecule has 0 saturated carbocycles. The average Bonchev–Trinajstić information content (AvgIpc) is 2.88. The van der Waals surface area contributed by atoms with E-state index in [1.807, 2.05) is 28.9 Å². The van der Waals surface area contributed by atoms with Gasteiger partial charge in [-0.2, -0.15) is 0 Å². The molecule has 0 aliphatic carbocycles. The van der Waals surface area contributed by atoms with Gasteiger partial charge in [-0.25, -0.2) is 13.4 Å². The minimum absolute atomic E-state index is 0.312. The summed E-state index contributed by atoms with van der Waals surface area (Å²) in [6.07, 6.45) is 8.34. The lowest BCUT2D eigenvalue weighted by Crippen LogP contribution is -2.50. The third-order valence-electron chi connectivity index (χ3n) is 5.04. The van der Waals surface area contributed by atoms with Crippen molar-refractivity contribution in [3.8, 4) is 0 Å². The fraction of sp³-hybridized carbons (Fsp3) is 0.533. The Hall–Kier alpha value is -1.40. The van der Waals surface area contributed by atoms with E-state index in [-0.39, 0.29) is 0 Å². The van der Waals surface area contributed by atoms with Gasteiger partial charge in [-0.1, -0.05) is 12.5 Å². The van der Waals surface area contributed by atoms with Crippen LogP contribution in [0.25, 0.3) is 5.65 Å². The number of imidazole rings is 1. The molecule has 2 aliphatic heterocycles. The Morgan fingerprint density at radius 3 is 2.67 bits per heavy atom. The summed E-state index contributed by atoms with van der Waals surface area (Å²) in [7, 11) is -3.06. The summed E-state index contributed by atoms with van der Waals surface area (Å²) in [5.41, 5.74) is 0.574. The van der Waals surface area contributed by atoms with Gasteiger partial charge >= 0.3 is 0 Å². The van der Waals surface area contributed by atoms with E-state index in [4.69, 9.17) is 0 Å². The number of sulfone groups is 1. The molecule has 2 aromatic rings. The molecule has 2 atom stereocenters. The van der Waals surface area contributed by atoms with Crippen LogP contribution < -0.4 is 0 Å². The Labute approximate surface area is 123 Å². The average molecular weight is 306 g/mol. The lowest BCUT2D eigenvalue weighted by atomic mass is 9.81. The molecule has 0 spiro atoms. The minimum Gasteiger partial charge on any atom is -0.385 e. The molecule has 2 fully saturated rings. The van der Waals surface area contributed by atoms with Gasteiger partial charge in [-0.05, 0) is 31.7 Å². The predicted octanol–water partition coefficient (Wildman–Crippen LogP) is 1.65. The highest BCUT2D eigenvalue weighted by Gasteiger charge is 2.51. The van der Waals surface area contributed by atoms with Crippen molar-refractivity contribution in [2.45, 2.75) is 48.2 Å². The van der Waals surface area contributed by atoms with E-state index in [2.05, 4.69) is 4.98 Å². The third kappa shape index (κ3) is 1.92. The number of aromatic nitrogens is 2. The van der Waals surface area contributed by atoms with Gasteiger partial charge in [0.2, 0.25) is 0 Å². The molecular weight excluding hydrogens is 288 g/mol. The van der Waals surface area contributed by atoms with Crippen LogP contribution >= 0.6 is 0 Å². The Morgan fingerprint density at radius 1 is 1.24 bits per heavy atom. The number of hydrogen-bond acceptors (Lipinski definition) is 4. The summed E-state index contributed by atoms with van der Waals surface area (Å²) in [5.74, 6) is 0. The van der Waals surface area contributed by atoms with Gasteiger partial charge in [0, 0.05) is 24.2 Å². The van der Waals surface area contributed by atoms with Gasteiger partial charge in [-0.15, -0.1) is 0 Å². The number of pyridine rings is 1. The first-order chi connectivity index (χ1) is 9.99. The van der Waals surface area contributed by atoms with E-state index in [0.29, 0.717) is 25.7 Å². The lowest BCUT2D eigenvalue weighted by molar-refractivity contribution is 0.00465. The van der Waals surface area contributed by atoms with E-state index < -0.39 is 25.9 Å². The van der Waals surface area contributed by atoms with E-state index in [0.717, 1.165) is 17.6 Å². The first-order valence-corrected chi connectivity index (χ1v) is 8.98. The zero-order chi connectivity index (χ0) is 14.7. The topological polar surface area (TPSA) is 71.7 Å². The van der Waals surface area contributed by atoms with Crippen molar-refractivity contribution in [2.75, 3.05) is 0 Å². The van der Waals surface area contributed by atoms with E-state index in [1.165, 1.54) is 0 Å². The third-order valence-corrected chi connectivity index (χ3v) is 7.70. The van der Waals surface area contributed by atoms with Crippen molar-refractivity contribution in [3.63, 3.8) is 0 Å². The van der Waals surface area contributed by atoms with Gasteiger partial charge in [0.15, 0.2) is 9.84 Å². The van der Waals surface area contributed by atoms with Gasteiger partial charge in [-0.3, -0.25) is 0 Å². The lowest BCUT2D eigenvalue weighted by Gasteiger charge is -2.44. The van der Waals surface area contributed by atoms with Crippen molar-refractivity contribution in [2.24, 2.45) is 0 Å². The standard InChI is InChI=1S/C15H18N2O3S/c18-15(11-4-5-14-16-6-7-17(14)10-11)8-12-2-1-3-13(9-15)21(12,19)20/h4-7,10,12-13,18H,1-3,8-9H2. The van der Waals surface area contributed by atoms with Crippen LogP contribution in [0.5, 0.6) is 0 Å². The van der Waals surface area contributed by atoms with Crippen LogP contribution in [-0.2, 0) is 15.4 Å². The second kappa shape index (κ2) is 4.30. The van der Waals surface area contributed by atoms with Crippen molar-refractivity contribution in [1.29, 1.82) is 0 Å². The Kier molecular flexibility index (Phi) is 2.72. The molecule has 0 radical (unpaired) electrons. The molecule has 2 bridgehead atoms. The highest BCUT2D eigenvalue weighted by molar-refractivity contribution is 7.92. The van der Waals surface area contributed by atoms with E-state index in [9.17, 15) is 13.5 Å². The summed E-state index contributed by atoms with van der Waals surface area (Å²) >= 11 is 0. The van der Waals surface area contributed by atoms with E-state index >= 15 is 0 Å². The second-order valence-electron chi connectivity index (χ2n) is 6.31. The number of fused-ring (bicyclic) bond motifs is 3. The number of rotatable bonds is 1. The molecule has 2 aromatic heterocycles. The molecule has 6 heteroatoms. The zero-order valence-electron chi connectivity index (χ0n) is 11.6. The first-order valence-electron chi connectivity index (χ1n) is 7.37. The molecule has 0 amide bonds. The van der Waals surface area contributed by atoms with Crippen molar-refractivity contribution < 1.29 is 13.5 Å². The monoisotopic (exact) mass is 306 g/mol. The Bertz CT molecular complexity index is 776. The highest BCUT2D eigenvalue weighted by atomic mass is 32.2. The van der Waals surface area contributed by atoms with Gasteiger partial charge in [0.25, 0.3) is 0 Å². The van der Waals surface area contributed by atoms with Crippen LogP contribution in [0.3, 0.4) is 0 Å². The highest BCUT2D eigenvalue weighted by Crippen LogP contribution is 2.45.